The van der Waals surface area contributed by atoms with E-state index in [1.165, 1.54) is 6.92 Å². The third-order valence-corrected chi connectivity index (χ3v) is 4.06. The Hall–Kier alpha value is -3.41. The van der Waals surface area contributed by atoms with Crippen molar-refractivity contribution >= 4 is 22.6 Å². The van der Waals surface area contributed by atoms with Crippen LogP contribution >= 0.6 is 0 Å². The lowest BCUT2D eigenvalue weighted by atomic mass is 10.1. The number of fused-ring (bicyclic) bond motifs is 1. The van der Waals surface area contributed by atoms with Crippen LogP contribution in [-0.4, -0.2) is 25.4 Å². The number of carbonyl (C=O) groups excluding carboxylic acids is 1. The van der Waals surface area contributed by atoms with Crippen LogP contribution in [0.4, 0.5) is 14.6 Å². The van der Waals surface area contributed by atoms with Crippen LogP contribution in [0.15, 0.2) is 24.5 Å². The molecule has 0 saturated heterocycles. The molecule has 0 aliphatic carbocycles. The van der Waals surface area contributed by atoms with Gasteiger partial charge in [0.25, 0.3) is 0 Å². The van der Waals surface area contributed by atoms with Crippen molar-refractivity contribution in [3.63, 3.8) is 0 Å². The van der Waals surface area contributed by atoms with E-state index < -0.39 is 11.7 Å². The quantitative estimate of drug-likeness (QED) is 0.722. The lowest BCUT2D eigenvalue weighted by molar-refractivity contribution is -0.114. The van der Waals surface area contributed by atoms with Gasteiger partial charge in [0.1, 0.15) is 5.82 Å². The lowest BCUT2D eigenvalue weighted by Crippen LogP contribution is -2.13. The number of nitrogens with zero attached hydrogens (tertiary/aromatic N) is 5. The number of aryl methyl sites for hydroxylation is 2. The van der Waals surface area contributed by atoms with Gasteiger partial charge in [0, 0.05) is 43.2 Å². The van der Waals surface area contributed by atoms with Crippen molar-refractivity contribution in [2.24, 2.45) is 0 Å². The predicted molar refractivity (Wildman–Crippen MR) is 99.6 cm³/mol. The number of anilines is 1. The van der Waals surface area contributed by atoms with Gasteiger partial charge in [-0.05, 0) is 19.1 Å². The van der Waals surface area contributed by atoms with Gasteiger partial charge in [0.2, 0.25) is 5.91 Å². The number of carbonyl (C=O) groups is 1. The Bertz CT molecular complexity index is 1090. The molecule has 1 N–H and O–H groups in total. The predicted octanol–water partition coefficient (Wildman–Crippen LogP) is 3.79. The third-order valence-electron chi connectivity index (χ3n) is 4.06. The summed E-state index contributed by atoms with van der Waals surface area (Å²) in [5.41, 5.74) is 2.05. The minimum absolute atomic E-state index is 0.275. The highest BCUT2D eigenvalue weighted by atomic mass is 19.3. The van der Waals surface area contributed by atoms with Crippen LogP contribution in [0.5, 0.6) is 0 Å². The number of alkyl halides is 2. The Kier molecular flexibility index (Phi) is 5.05. The zero-order valence-corrected chi connectivity index (χ0v) is 15.6. The molecule has 0 fully saturated rings. The molecule has 0 radical (unpaired) electrons. The number of aromatic nitrogens is 4. The van der Waals surface area contributed by atoms with Crippen molar-refractivity contribution in [1.29, 1.82) is 5.26 Å². The molecular weight excluding hydrogens is 366 g/mol. The number of hydrogen-bond donors (Lipinski definition) is 1. The molecule has 144 valence electrons. The van der Waals surface area contributed by atoms with E-state index in [2.05, 4.69) is 26.3 Å². The van der Waals surface area contributed by atoms with Crippen LogP contribution in [0.25, 0.3) is 22.2 Å². The van der Waals surface area contributed by atoms with Crippen molar-refractivity contribution < 1.29 is 13.6 Å². The summed E-state index contributed by atoms with van der Waals surface area (Å²) in [4.78, 5) is 23.5. The van der Waals surface area contributed by atoms with E-state index in [1.54, 1.807) is 31.5 Å². The summed E-state index contributed by atoms with van der Waals surface area (Å²) in [6, 6.07) is 5.37. The second-order valence-corrected chi connectivity index (χ2v) is 6.52. The molecule has 0 atom stereocenters. The molecule has 7 nitrogen and oxygen atoms in total. The van der Waals surface area contributed by atoms with E-state index in [1.807, 2.05) is 4.57 Å². The summed E-state index contributed by atoms with van der Waals surface area (Å²) in [5, 5.41) is 12.2. The first-order valence-electron chi connectivity index (χ1n) is 8.57. The van der Waals surface area contributed by atoms with E-state index in [-0.39, 0.29) is 12.3 Å². The van der Waals surface area contributed by atoms with Crippen molar-refractivity contribution in [3.8, 4) is 17.3 Å². The van der Waals surface area contributed by atoms with Gasteiger partial charge in [-0.25, -0.2) is 15.0 Å². The minimum Gasteiger partial charge on any atom is -0.344 e. The smallest absolute Gasteiger partial charge is 0.303 e. The van der Waals surface area contributed by atoms with Crippen molar-refractivity contribution in [1.82, 2.24) is 19.5 Å². The van der Waals surface area contributed by atoms with Gasteiger partial charge in [-0.15, -0.1) is 0 Å². The highest BCUT2D eigenvalue weighted by Crippen LogP contribution is 2.33. The van der Waals surface area contributed by atoms with E-state index in [0.29, 0.717) is 40.2 Å². The van der Waals surface area contributed by atoms with Crippen molar-refractivity contribution in [2.45, 2.75) is 39.7 Å². The first-order chi connectivity index (χ1) is 13.2. The Morgan fingerprint density at radius 3 is 2.75 bits per heavy atom. The summed E-state index contributed by atoms with van der Waals surface area (Å²) in [6.45, 7) is 4.16. The van der Waals surface area contributed by atoms with Crippen molar-refractivity contribution in [3.05, 3.63) is 36.0 Å². The molecule has 0 aromatic carbocycles. The summed E-state index contributed by atoms with van der Waals surface area (Å²) >= 11 is 0. The normalized spacial score (nSPS) is 11.4. The molecule has 0 aliphatic rings. The van der Waals surface area contributed by atoms with Gasteiger partial charge in [-0.1, -0.05) is 0 Å². The zero-order chi connectivity index (χ0) is 20.5. The van der Waals surface area contributed by atoms with E-state index in [0.717, 1.165) is 6.92 Å². The number of halogens is 2. The van der Waals surface area contributed by atoms with Crippen molar-refractivity contribution in [2.75, 3.05) is 5.32 Å². The maximum absolute atomic E-state index is 13.8. The Morgan fingerprint density at radius 1 is 1.36 bits per heavy atom. The number of amides is 1. The molecule has 0 spiro atoms. The largest absolute Gasteiger partial charge is 0.344 e. The van der Waals surface area contributed by atoms with Crippen LogP contribution in [0.2, 0.25) is 0 Å². The fourth-order valence-corrected chi connectivity index (χ4v) is 2.90. The second-order valence-electron chi connectivity index (χ2n) is 6.52. The Labute approximate surface area is 160 Å². The minimum atomic E-state index is -3.18. The maximum atomic E-state index is 13.8. The highest BCUT2D eigenvalue weighted by molar-refractivity contribution is 5.98. The Morgan fingerprint density at radius 2 is 2.11 bits per heavy atom. The fraction of sp³-hybridized carbons (Fsp3) is 0.316. The SMILES string of the molecule is CC(=O)Nc1cc2c(-c3cc(C)nc(C(C)(F)F)n3)cn(CCC#N)c2cn1. The van der Waals surface area contributed by atoms with Crippen LogP contribution in [0.1, 0.15) is 31.8 Å². The molecule has 9 heteroatoms. The molecule has 1 amide bonds. The Balaban J connectivity index is 2.23. The third kappa shape index (κ3) is 3.96. The number of rotatable bonds is 5. The average molecular weight is 384 g/mol. The van der Waals surface area contributed by atoms with Crippen LogP contribution in [0.3, 0.4) is 0 Å². The molecular formula is C19H18F2N6O. The van der Waals surface area contributed by atoms with Crippen LogP contribution < -0.4 is 5.32 Å². The van der Waals surface area contributed by atoms with Gasteiger partial charge in [0.15, 0.2) is 5.82 Å². The summed E-state index contributed by atoms with van der Waals surface area (Å²) in [5.74, 6) is -3.67. The van der Waals surface area contributed by atoms with E-state index in [4.69, 9.17) is 5.26 Å². The number of nitrogens with one attached hydrogen (secondary N) is 1. The van der Waals surface area contributed by atoms with Gasteiger partial charge in [-0.2, -0.15) is 14.0 Å². The van der Waals surface area contributed by atoms with Crippen LogP contribution in [-0.2, 0) is 17.3 Å². The monoisotopic (exact) mass is 384 g/mol. The maximum Gasteiger partial charge on any atom is 0.303 e. The molecule has 0 bridgehead atoms. The van der Waals surface area contributed by atoms with Gasteiger partial charge in [0.05, 0.1) is 29.9 Å². The second kappa shape index (κ2) is 7.31. The van der Waals surface area contributed by atoms with Gasteiger partial charge >= 0.3 is 5.92 Å². The topological polar surface area (TPSA) is 96.5 Å². The first kappa shape index (κ1) is 19.4. The highest BCUT2D eigenvalue weighted by Gasteiger charge is 2.29. The molecule has 3 aromatic rings. The molecule has 3 heterocycles. The summed E-state index contributed by atoms with van der Waals surface area (Å²) < 4.78 is 29.4. The van der Waals surface area contributed by atoms with Crippen LogP contribution in [0, 0.1) is 18.3 Å². The standard InChI is InChI=1S/C19H18F2N6O/c1-11-7-15(26-18(24-11)19(3,20)21)14-10-27(6-4-5-22)16-9-23-17(8-13(14)16)25-12(2)28/h7-10H,4,6H2,1-3H3,(H,23,25,28). The number of nitriles is 1. The molecule has 0 saturated carbocycles. The lowest BCUT2D eigenvalue weighted by Gasteiger charge is -2.11. The number of pyridine rings is 1. The van der Waals surface area contributed by atoms with Gasteiger partial charge < -0.3 is 9.88 Å². The van der Waals surface area contributed by atoms with E-state index >= 15 is 0 Å². The van der Waals surface area contributed by atoms with Gasteiger partial charge in [-0.3, -0.25) is 4.79 Å². The molecule has 0 unspecified atom stereocenters. The number of hydrogen-bond acceptors (Lipinski definition) is 5. The zero-order valence-electron chi connectivity index (χ0n) is 15.6. The summed E-state index contributed by atoms with van der Waals surface area (Å²) in [7, 11) is 0. The molecule has 0 aliphatic heterocycles. The molecule has 3 aromatic heterocycles. The van der Waals surface area contributed by atoms with E-state index in [9.17, 15) is 13.6 Å². The first-order valence-corrected chi connectivity index (χ1v) is 8.57. The molecule has 3 rings (SSSR count). The average Bonchev–Trinajstić information content (AvgIpc) is 2.96. The molecule has 28 heavy (non-hydrogen) atoms. The fourth-order valence-electron chi connectivity index (χ4n) is 2.90. The summed E-state index contributed by atoms with van der Waals surface area (Å²) in [6.07, 6.45) is 3.60.